The summed E-state index contributed by atoms with van der Waals surface area (Å²) in [5.41, 5.74) is 1.34. The molecule has 0 radical (unpaired) electrons. The van der Waals surface area contributed by atoms with E-state index in [4.69, 9.17) is 9.26 Å². The molecule has 2 aromatic carbocycles. The largest absolute Gasteiger partial charge is 0.458 e. The zero-order valence-corrected chi connectivity index (χ0v) is 15.1. The van der Waals surface area contributed by atoms with Crippen molar-refractivity contribution < 1.29 is 18.8 Å². The van der Waals surface area contributed by atoms with Crippen LogP contribution in [0, 0.1) is 0 Å². The number of hydrogen-bond donors (Lipinski definition) is 0. The molecule has 0 aliphatic rings. The quantitative estimate of drug-likeness (QED) is 0.472. The summed E-state index contributed by atoms with van der Waals surface area (Å²) in [5, 5.41) is 3.81. The SMILES string of the molecule is CC(C)OC(=O)c1noc(/C=C/c2ccccc2)c1C(=O)c1ccccc1. The molecule has 27 heavy (non-hydrogen) atoms. The van der Waals surface area contributed by atoms with E-state index >= 15 is 0 Å². The van der Waals surface area contributed by atoms with Crippen LogP contribution in [-0.2, 0) is 4.74 Å². The molecule has 1 aromatic heterocycles. The highest BCUT2D eigenvalue weighted by atomic mass is 16.5. The number of hydrogen-bond acceptors (Lipinski definition) is 5. The fraction of sp³-hybridized carbons (Fsp3) is 0.136. The number of benzene rings is 2. The van der Waals surface area contributed by atoms with Crippen molar-refractivity contribution in [3.63, 3.8) is 0 Å². The molecular formula is C22H19NO4. The Labute approximate surface area is 157 Å². The molecule has 5 heteroatoms. The van der Waals surface area contributed by atoms with Crippen molar-refractivity contribution in [1.82, 2.24) is 5.16 Å². The van der Waals surface area contributed by atoms with E-state index in [1.165, 1.54) is 0 Å². The Morgan fingerprint density at radius 2 is 1.59 bits per heavy atom. The second-order valence-electron chi connectivity index (χ2n) is 6.16. The number of ketones is 1. The lowest BCUT2D eigenvalue weighted by molar-refractivity contribution is 0.0364. The zero-order valence-electron chi connectivity index (χ0n) is 15.1. The summed E-state index contributed by atoms with van der Waals surface area (Å²) >= 11 is 0. The van der Waals surface area contributed by atoms with E-state index < -0.39 is 5.97 Å². The highest BCUT2D eigenvalue weighted by Gasteiger charge is 2.28. The molecule has 3 rings (SSSR count). The lowest BCUT2D eigenvalue weighted by Gasteiger charge is -2.07. The maximum absolute atomic E-state index is 13.0. The third kappa shape index (κ3) is 4.39. The summed E-state index contributed by atoms with van der Waals surface area (Å²) in [6.45, 7) is 3.46. The van der Waals surface area contributed by atoms with E-state index in [0.29, 0.717) is 5.56 Å². The molecule has 0 amide bonds. The van der Waals surface area contributed by atoms with Gasteiger partial charge < -0.3 is 9.26 Å². The summed E-state index contributed by atoms with van der Waals surface area (Å²) in [6.07, 6.45) is 3.09. The predicted octanol–water partition coefficient (Wildman–Crippen LogP) is 4.64. The molecule has 0 saturated carbocycles. The van der Waals surface area contributed by atoms with Gasteiger partial charge in [-0.3, -0.25) is 4.79 Å². The minimum absolute atomic E-state index is 0.0963. The van der Waals surface area contributed by atoms with Gasteiger partial charge in [0.15, 0.2) is 11.5 Å². The fourth-order valence-corrected chi connectivity index (χ4v) is 2.52. The van der Waals surface area contributed by atoms with Crippen LogP contribution in [-0.4, -0.2) is 23.0 Å². The summed E-state index contributed by atoms with van der Waals surface area (Å²) in [5.74, 6) is -0.823. The van der Waals surface area contributed by atoms with E-state index in [0.717, 1.165) is 5.56 Å². The van der Waals surface area contributed by atoms with Crippen molar-refractivity contribution in [2.24, 2.45) is 0 Å². The van der Waals surface area contributed by atoms with Gasteiger partial charge in [-0.2, -0.15) is 0 Å². The fourth-order valence-electron chi connectivity index (χ4n) is 2.52. The van der Waals surface area contributed by atoms with Gasteiger partial charge in [-0.05, 0) is 25.5 Å². The van der Waals surface area contributed by atoms with Crippen molar-refractivity contribution in [3.8, 4) is 0 Å². The number of carbonyl (C=O) groups excluding carboxylic acids is 2. The Bertz CT molecular complexity index is 956. The van der Waals surface area contributed by atoms with Crippen LogP contribution in [0.4, 0.5) is 0 Å². The average molecular weight is 361 g/mol. The van der Waals surface area contributed by atoms with E-state index in [-0.39, 0.29) is 28.9 Å². The van der Waals surface area contributed by atoms with Gasteiger partial charge in [0.2, 0.25) is 5.69 Å². The van der Waals surface area contributed by atoms with Gasteiger partial charge in [0.25, 0.3) is 0 Å². The molecule has 0 saturated heterocycles. The van der Waals surface area contributed by atoms with Gasteiger partial charge in [-0.15, -0.1) is 0 Å². The first-order valence-electron chi connectivity index (χ1n) is 8.60. The lowest BCUT2D eigenvalue weighted by atomic mass is 10.0. The highest BCUT2D eigenvalue weighted by Crippen LogP contribution is 2.22. The molecule has 0 aliphatic carbocycles. The molecule has 0 aliphatic heterocycles. The Balaban J connectivity index is 2.03. The monoisotopic (exact) mass is 361 g/mol. The Morgan fingerprint density at radius 1 is 0.963 bits per heavy atom. The van der Waals surface area contributed by atoms with E-state index in [1.807, 2.05) is 36.4 Å². The van der Waals surface area contributed by atoms with Crippen LogP contribution in [0.2, 0.25) is 0 Å². The third-order valence-electron chi connectivity index (χ3n) is 3.74. The Hall–Kier alpha value is -3.47. The van der Waals surface area contributed by atoms with Gasteiger partial charge in [-0.1, -0.05) is 71.9 Å². The van der Waals surface area contributed by atoms with Crippen molar-refractivity contribution in [3.05, 3.63) is 88.8 Å². The Kier molecular flexibility index (Phi) is 5.61. The molecule has 5 nitrogen and oxygen atoms in total. The molecule has 0 atom stereocenters. The second kappa shape index (κ2) is 8.27. The van der Waals surface area contributed by atoms with Crippen LogP contribution in [0.25, 0.3) is 12.2 Å². The van der Waals surface area contributed by atoms with Crippen LogP contribution in [0.1, 0.15) is 51.6 Å². The van der Waals surface area contributed by atoms with E-state index in [9.17, 15) is 9.59 Å². The number of nitrogens with zero attached hydrogens (tertiary/aromatic N) is 1. The van der Waals surface area contributed by atoms with Gasteiger partial charge in [0.1, 0.15) is 5.56 Å². The van der Waals surface area contributed by atoms with Crippen LogP contribution in [0.5, 0.6) is 0 Å². The normalized spacial score (nSPS) is 11.1. The lowest BCUT2D eigenvalue weighted by Crippen LogP contribution is -2.16. The van der Waals surface area contributed by atoms with E-state index in [2.05, 4.69) is 5.16 Å². The maximum Gasteiger partial charge on any atom is 0.361 e. The zero-order chi connectivity index (χ0) is 19.2. The van der Waals surface area contributed by atoms with Crippen LogP contribution in [0.15, 0.2) is 65.2 Å². The summed E-state index contributed by atoms with van der Waals surface area (Å²) in [7, 11) is 0. The van der Waals surface area contributed by atoms with Crippen LogP contribution >= 0.6 is 0 Å². The smallest absolute Gasteiger partial charge is 0.361 e. The summed E-state index contributed by atoms with van der Waals surface area (Å²) in [4.78, 5) is 25.4. The molecule has 136 valence electrons. The molecule has 0 unspecified atom stereocenters. The van der Waals surface area contributed by atoms with Crippen molar-refractivity contribution in [1.29, 1.82) is 0 Å². The molecule has 0 fully saturated rings. The molecule has 0 spiro atoms. The summed E-state index contributed by atoms with van der Waals surface area (Å²) < 4.78 is 10.5. The first-order valence-corrected chi connectivity index (χ1v) is 8.60. The van der Waals surface area contributed by atoms with Crippen LogP contribution in [0.3, 0.4) is 0 Å². The number of rotatable bonds is 6. The standard InChI is InChI=1S/C22H19NO4/c1-15(2)26-22(25)20-19(21(24)17-11-7-4-8-12-17)18(27-23-20)14-13-16-9-5-3-6-10-16/h3-15H,1-2H3/b14-13+. The molecule has 1 heterocycles. The second-order valence-corrected chi connectivity index (χ2v) is 6.16. The summed E-state index contributed by atoms with van der Waals surface area (Å²) in [6, 6.07) is 18.2. The highest BCUT2D eigenvalue weighted by molar-refractivity contribution is 6.15. The van der Waals surface area contributed by atoms with Crippen molar-refractivity contribution >= 4 is 23.9 Å². The van der Waals surface area contributed by atoms with Crippen molar-refractivity contribution in [2.75, 3.05) is 0 Å². The van der Waals surface area contributed by atoms with Crippen LogP contribution < -0.4 is 0 Å². The number of aromatic nitrogens is 1. The minimum Gasteiger partial charge on any atom is -0.458 e. The van der Waals surface area contributed by atoms with Gasteiger partial charge in [0.05, 0.1) is 6.10 Å². The van der Waals surface area contributed by atoms with Gasteiger partial charge >= 0.3 is 5.97 Å². The van der Waals surface area contributed by atoms with Crippen molar-refractivity contribution in [2.45, 2.75) is 20.0 Å². The molecule has 0 N–H and O–H groups in total. The maximum atomic E-state index is 13.0. The van der Waals surface area contributed by atoms with Gasteiger partial charge in [0, 0.05) is 5.56 Å². The minimum atomic E-state index is -0.688. The third-order valence-corrected chi connectivity index (χ3v) is 3.74. The average Bonchev–Trinajstić information content (AvgIpc) is 3.11. The first kappa shape index (κ1) is 18.3. The molecule has 3 aromatic rings. The molecular weight excluding hydrogens is 342 g/mol. The number of esters is 1. The molecule has 0 bridgehead atoms. The first-order chi connectivity index (χ1) is 13.1. The number of carbonyl (C=O) groups is 2. The Morgan fingerprint density at radius 3 is 2.22 bits per heavy atom. The van der Waals surface area contributed by atoms with E-state index in [1.54, 1.807) is 50.3 Å². The predicted molar refractivity (Wildman–Crippen MR) is 102 cm³/mol. The van der Waals surface area contributed by atoms with Gasteiger partial charge in [-0.25, -0.2) is 4.79 Å². The number of ether oxygens (including phenoxy) is 1. The topological polar surface area (TPSA) is 69.4 Å².